The summed E-state index contributed by atoms with van der Waals surface area (Å²) in [6.45, 7) is 0.476. The SMILES string of the molecule is O=C(Nc1ccc(N2CCCCS2(=O)=O)cc1)C(c1ccccc1)n1cnnn1. The lowest BCUT2D eigenvalue weighted by Gasteiger charge is -2.28. The molecule has 9 nitrogen and oxygen atoms in total. The highest BCUT2D eigenvalue weighted by Gasteiger charge is 2.26. The van der Waals surface area contributed by atoms with Gasteiger partial charge in [0, 0.05) is 12.2 Å². The molecule has 0 spiro atoms. The fraction of sp³-hybridized carbons (Fsp3) is 0.263. The van der Waals surface area contributed by atoms with Crippen LogP contribution in [0.3, 0.4) is 0 Å². The number of hydrogen-bond donors (Lipinski definition) is 1. The minimum Gasteiger partial charge on any atom is -0.324 e. The van der Waals surface area contributed by atoms with Gasteiger partial charge in [0.15, 0.2) is 6.04 Å². The topological polar surface area (TPSA) is 110 Å². The van der Waals surface area contributed by atoms with Gasteiger partial charge in [-0.05, 0) is 53.1 Å². The smallest absolute Gasteiger partial charge is 0.253 e. The van der Waals surface area contributed by atoms with Gasteiger partial charge in [0.05, 0.1) is 11.4 Å². The lowest BCUT2D eigenvalue weighted by Crippen LogP contribution is -2.37. The van der Waals surface area contributed by atoms with Crippen molar-refractivity contribution in [2.75, 3.05) is 21.9 Å². The summed E-state index contributed by atoms with van der Waals surface area (Å²) in [6, 6.07) is 15.3. The largest absolute Gasteiger partial charge is 0.324 e. The lowest BCUT2D eigenvalue weighted by molar-refractivity contribution is -0.118. The number of nitrogens with zero attached hydrogens (tertiary/aromatic N) is 5. The number of carbonyl (C=O) groups excluding carboxylic acids is 1. The fourth-order valence-electron chi connectivity index (χ4n) is 3.35. The average molecular weight is 412 g/mol. The summed E-state index contributed by atoms with van der Waals surface area (Å²) in [5, 5.41) is 14.0. The third kappa shape index (κ3) is 4.11. The number of carbonyl (C=O) groups is 1. The van der Waals surface area contributed by atoms with Crippen molar-refractivity contribution in [2.24, 2.45) is 0 Å². The van der Waals surface area contributed by atoms with Crippen LogP contribution < -0.4 is 9.62 Å². The van der Waals surface area contributed by atoms with E-state index in [0.717, 1.165) is 12.0 Å². The Morgan fingerprint density at radius 3 is 2.45 bits per heavy atom. The van der Waals surface area contributed by atoms with Gasteiger partial charge in [-0.1, -0.05) is 30.3 Å². The van der Waals surface area contributed by atoms with Crippen LogP contribution in [0.25, 0.3) is 0 Å². The van der Waals surface area contributed by atoms with E-state index in [-0.39, 0.29) is 11.7 Å². The van der Waals surface area contributed by atoms with Crippen LogP contribution in [-0.4, -0.2) is 46.8 Å². The minimum atomic E-state index is -3.27. The van der Waals surface area contributed by atoms with Crippen molar-refractivity contribution in [1.29, 1.82) is 0 Å². The van der Waals surface area contributed by atoms with E-state index in [1.165, 1.54) is 15.3 Å². The molecule has 1 aromatic heterocycles. The summed E-state index contributed by atoms with van der Waals surface area (Å²) in [6.07, 6.45) is 2.91. The predicted octanol–water partition coefficient (Wildman–Crippen LogP) is 1.83. The molecule has 1 aliphatic heterocycles. The summed E-state index contributed by atoms with van der Waals surface area (Å²) >= 11 is 0. The third-order valence-corrected chi connectivity index (χ3v) is 6.63. The summed E-state index contributed by atoms with van der Waals surface area (Å²) < 4.78 is 27.3. The zero-order chi connectivity index (χ0) is 20.3. The number of hydrogen-bond acceptors (Lipinski definition) is 6. The van der Waals surface area contributed by atoms with Crippen LogP contribution in [0.5, 0.6) is 0 Å². The molecule has 10 heteroatoms. The molecule has 1 unspecified atom stereocenters. The van der Waals surface area contributed by atoms with Gasteiger partial charge in [-0.25, -0.2) is 13.1 Å². The Labute approximate surface area is 168 Å². The Bertz CT molecular complexity index is 1070. The molecule has 0 saturated carbocycles. The monoisotopic (exact) mass is 412 g/mol. The lowest BCUT2D eigenvalue weighted by atomic mass is 10.1. The van der Waals surface area contributed by atoms with Crippen LogP contribution in [0, 0.1) is 0 Å². The van der Waals surface area contributed by atoms with Gasteiger partial charge >= 0.3 is 0 Å². The second kappa shape index (κ2) is 8.00. The van der Waals surface area contributed by atoms with Crippen molar-refractivity contribution in [3.8, 4) is 0 Å². The van der Waals surface area contributed by atoms with Crippen molar-refractivity contribution >= 4 is 27.3 Å². The zero-order valence-electron chi connectivity index (χ0n) is 15.5. The van der Waals surface area contributed by atoms with Crippen molar-refractivity contribution in [2.45, 2.75) is 18.9 Å². The van der Waals surface area contributed by atoms with E-state index in [9.17, 15) is 13.2 Å². The number of rotatable bonds is 5. The van der Waals surface area contributed by atoms with E-state index < -0.39 is 16.1 Å². The molecule has 1 N–H and O–H groups in total. The van der Waals surface area contributed by atoms with Gasteiger partial charge in [-0.15, -0.1) is 5.10 Å². The van der Waals surface area contributed by atoms with E-state index in [1.54, 1.807) is 24.3 Å². The average Bonchev–Trinajstić information content (AvgIpc) is 3.24. The van der Waals surface area contributed by atoms with Gasteiger partial charge in [-0.2, -0.15) is 0 Å². The quantitative estimate of drug-likeness (QED) is 0.685. The number of nitrogens with one attached hydrogen (secondary N) is 1. The minimum absolute atomic E-state index is 0.163. The summed E-state index contributed by atoms with van der Waals surface area (Å²) in [5.74, 6) is -0.141. The maximum absolute atomic E-state index is 13.0. The molecule has 1 fully saturated rings. The number of tetrazole rings is 1. The number of benzene rings is 2. The first-order valence-corrected chi connectivity index (χ1v) is 10.8. The van der Waals surface area contributed by atoms with Crippen LogP contribution >= 0.6 is 0 Å². The third-order valence-electron chi connectivity index (χ3n) is 4.77. The van der Waals surface area contributed by atoms with E-state index in [0.29, 0.717) is 24.3 Å². The van der Waals surface area contributed by atoms with Gasteiger partial charge in [-0.3, -0.25) is 9.10 Å². The maximum Gasteiger partial charge on any atom is 0.253 e. The molecule has 0 bridgehead atoms. The van der Waals surface area contributed by atoms with E-state index in [1.807, 2.05) is 30.3 Å². The van der Waals surface area contributed by atoms with Crippen molar-refractivity contribution in [3.05, 3.63) is 66.5 Å². The van der Waals surface area contributed by atoms with Crippen molar-refractivity contribution in [1.82, 2.24) is 20.2 Å². The number of anilines is 2. The second-order valence-electron chi connectivity index (χ2n) is 6.73. The van der Waals surface area contributed by atoms with Crippen LogP contribution in [0.15, 0.2) is 60.9 Å². The molecule has 1 amide bonds. The maximum atomic E-state index is 13.0. The zero-order valence-corrected chi connectivity index (χ0v) is 16.4. The Kier molecular flexibility index (Phi) is 5.26. The van der Waals surface area contributed by atoms with Crippen molar-refractivity contribution in [3.63, 3.8) is 0 Å². The van der Waals surface area contributed by atoms with Crippen molar-refractivity contribution < 1.29 is 13.2 Å². The normalized spacial score (nSPS) is 16.9. The molecule has 150 valence electrons. The molecular weight excluding hydrogens is 392 g/mol. The fourth-order valence-corrected chi connectivity index (χ4v) is 4.99. The molecular formula is C19H20N6O3S. The highest BCUT2D eigenvalue weighted by Crippen LogP contribution is 2.26. The Morgan fingerprint density at radius 2 is 1.79 bits per heavy atom. The van der Waals surface area contributed by atoms with Gasteiger partial charge in [0.2, 0.25) is 10.0 Å². The molecule has 3 aromatic rings. The summed E-state index contributed by atoms with van der Waals surface area (Å²) in [4.78, 5) is 13.0. The molecule has 1 saturated heterocycles. The van der Waals surface area contributed by atoms with Crippen LogP contribution in [-0.2, 0) is 14.8 Å². The molecule has 2 heterocycles. The van der Waals surface area contributed by atoms with Gasteiger partial charge in [0.25, 0.3) is 5.91 Å². The number of aromatic nitrogens is 4. The summed E-state index contributed by atoms with van der Waals surface area (Å²) in [5.41, 5.74) is 1.90. The van der Waals surface area contributed by atoms with E-state index >= 15 is 0 Å². The highest BCUT2D eigenvalue weighted by molar-refractivity contribution is 7.92. The van der Waals surface area contributed by atoms with Crippen LogP contribution in [0.2, 0.25) is 0 Å². The Hall–Kier alpha value is -3.27. The Morgan fingerprint density at radius 1 is 1.03 bits per heavy atom. The van der Waals surface area contributed by atoms with Gasteiger partial charge < -0.3 is 5.32 Å². The van der Waals surface area contributed by atoms with Gasteiger partial charge in [0.1, 0.15) is 6.33 Å². The van der Waals surface area contributed by atoms with Crippen LogP contribution in [0.1, 0.15) is 24.4 Å². The first-order chi connectivity index (χ1) is 14.0. The molecule has 29 heavy (non-hydrogen) atoms. The molecule has 0 radical (unpaired) electrons. The molecule has 0 aliphatic carbocycles. The molecule has 1 atom stereocenters. The van der Waals surface area contributed by atoms with Crippen LogP contribution in [0.4, 0.5) is 11.4 Å². The number of amides is 1. The molecule has 1 aliphatic rings. The first-order valence-electron chi connectivity index (χ1n) is 9.23. The van der Waals surface area contributed by atoms with E-state index in [4.69, 9.17) is 0 Å². The van der Waals surface area contributed by atoms with E-state index in [2.05, 4.69) is 20.8 Å². The molecule has 2 aromatic carbocycles. The Balaban J connectivity index is 1.54. The first kappa shape index (κ1) is 19.1. The molecule has 4 rings (SSSR count). The summed E-state index contributed by atoms with van der Waals surface area (Å²) in [7, 11) is -3.27. The second-order valence-corrected chi connectivity index (χ2v) is 8.75. The number of sulfonamides is 1. The highest BCUT2D eigenvalue weighted by atomic mass is 32.2. The standard InChI is InChI=1S/C19H20N6O3S/c26-19(18(24-14-20-22-23-24)15-6-2-1-3-7-15)21-16-8-10-17(11-9-16)25-12-4-5-13-29(25,27)28/h1-3,6-11,14,18H,4-5,12-13H2,(H,21,26). The predicted molar refractivity (Wildman–Crippen MR) is 108 cm³/mol.